The fourth-order valence-electron chi connectivity index (χ4n) is 1.93. The first-order valence-corrected chi connectivity index (χ1v) is 8.53. The van der Waals surface area contributed by atoms with E-state index < -0.39 is 0 Å². The van der Waals surface area contributed by atoms with Gasteiger partial charge in [0.15, 0.2) is 0 Å². The van der Waals surface area contributed by atoms with E-state index in [9.17, 15) is 4.39 Å². The van der Waals surface area contributed by atoms with Crippen LogP contribution in [-0.2, 0) is 0 Å². The van der Waals surface area contributed by atoms with Crippen LogP contribution >= 0.6 is 50.5 Å². The number of nitrogens with one attached hydrogen (secondary N) is 1. The van der Waals surface area contributed by atoms with Gasteiger partial charge in [-0.2, -0.15) is 0 Å². The lowest BCUT2D eigenvalue weighted by molar-refractivity contribution is 0.551. The topological polar surface area (TPSA) is 12.0 Å². The van der Waals surface area contributed by atoms with Gasteiger partial charge in [0.2, 0.25) is 0 Å². The lowest BCUT2D eigenvalue weighted by Crippen LogP contribution is -2.23. The molecule has 20 heavy (non-hydrogen) atoms. The third kappa shape index (κ3) is 3.55. The summed E-state index contributed by atoms with van der Waals surface area (Å²) >= 11 is 17.1. The summed E-state index contributed by atoms with van der Waals surface area (Å²) in [5.41, 5.74) is 0.466. The van der Waals surface area contributed by atoms with Crippen LogP contribution in [0.5, 0.6) is 0 Å². The third-order valence-corrected chi connectivity index (χ3v) is 5.70. The van der Waals surface area contributed by atoms with E-state index in [1.54, 1.807) is 12.1 Å². The summed E-state index contributed by atoms with van der Waals surface area (Å²) < 4.78 is 15.6. The highest BCUT2D eigenvalue weighted by Gasteiger charge is 2.23. The Bertz CT molecular complexity index is 563. The highest BCUT2D eigenvalue weighted by atomic mass is 79.9. The zero-order chi connectivity index (χ0) is 14.7. The molecule has 2 aromatic rings. The monoisotopic (exact) mass is 395 g/mol. The van der Waals surface area contributed by atoms with E-state index >= 15 is 0 Å². The Labute approximate surface area is 140 Å². The first-order chi connectivity index (χ1) is 9.54. The summed E-state index contributed by atoms with van der Waals surface area (Å²) in [4.78, 5) is 0.933. The van der Waals surface area contributed by atoms with Crippen molar-refractivity contribution in [1.82, 2.24) is 5.32 Å². The van der Waals surface area contributed by atoms with Crippen molar-refractivity contribution in [2.75, 3.05) is 6.54 Å². The molecule has 1 aromatic heterocycles. The van der Waals surface area contributed by atoms with Crippen LogP contribution < -0.4 is 5.32 Å². The molecular formula is C14H13BrCl2FNS. The minimum absolute atomic E-state index is 0.294. The zero-order valence-electron chi connectivity index (χ0n) is 10.7. The SMILES string of the molecule is CCCNC(c1cc(Br)c(Cl)s1)c1c(F)cccc1Cl. The predicted octanol–water partition coefficient (Wildman–Crippen LogP) is 6.05. The largest absolute Gasteiger partial charge is 0.305 e. The number of hydrogen-bond donors (Lipinski definition) is 1. The van der Waals surface area contributed by atoms with E-state index in [1.807, 2.05) is 6.07 Å². The Hall–Kier alpha value is -0.130. The van der Waals surface area contributed by atoms with Crippen LogP contribution in [0.25, 0.3) is 0 Å². The van der Waals surface area contributed by atoms with Gasteiger partial charge < -0.3 is 5.32 Å². The Balaban J connectivity index is 2.47. The molecule has 0 spiro atoms. The first kappa shape index (κ1) is 16.2. The second-order valence-electron chi connectivity index (χ2n) is 4.29. The highest BCUT2D eigenvalue weighted by molar-refractivity contribution is 9.10. The molecule has 0 saturated carbocycles. The fraction of sp³-hybridized carbons (Fsp3) is 0.286. The molecule has 0 saturated heterocycles. The van der Waals surface area contributed by atoms with E-state index in [1.165, 1.54) is 17.4 Å². The molecule has 1 atom stereocenters. The van der Waals surface area contributed by atoms with Crippen LogP contribution in [0.15, 0.2) is 28.7 Å². The van der Waals surface area contributed by atoms with Crippen molar-refractivity contribution in [3.8, 4) is 0 Å². The number of hydrogen-bond acceptors (Lipinski definition) is 2. The minimum atomic E-state index is -0.313. The summed E-state index contributed by atoms with van der Waals surface area (Å²) in [5.74, 6) is -0.313. The maximum Gasteiger partial charge on any atom is 0.129 e. The van der Waals surface area contributed by atoms with Crippen molar-refractivity contribution in [1.29, 1.82) is 0 Å². The minimum Gasteiger partial charge on any atom is -0.305 e. The molecule has 0 bridgehead atoms. The summed E-state index contributed by atoms with van der Waals surface area (Å²) in [6, 6.07) is 6.34. The summed E-state index contributed by atoms with van der Waals surface area (Å²) in [6.07, 6.45) is 0.947. The van der Waals surface area contributed by atoms with Gasteiger partial charge in [-0.05, 0) is 47.1 Å². The molecular weight excluding hydrogens is 384 g/mol. The average molecular weight is 397 g/mol. The third-order valence-electron chi connectivity index (χ3n) is 2.84. The molecule has 0 radical (unpaired) electrons. The fourth-order valence-corrected chi connectivity index (χ4v) is 4.02. The molecule has 0 fully saturated rings. The van der Waals surface area contributed by atoms with E-state index in [0.29, 0.717) is 14.9 Å². The van der Waals surface area contributed by atoms with Crippen molar-refractivity contribution < 1.29 is 4.39 Å². The second kappa shape index (κ2) is 7.23. The van der Waals surface area contributed by atoms with Gasteiger partial charge in [-0.3, -0.25) is 0 Å². The van der Waals surface area contributed by atoms with Gasteiger partial charge in [-0.25, -0.2) is 4.39 Å². The van der Waals surface area contributed by atoms with Crippen LogP contribution in [0.2, 0.25) is 9.36 Å². The van der Waals surface area contributed by atoms with E-state index in [2.05, 4.69) is 28.2 Å². The quantitative estimate of drug-likeness (QED) is 0.648. The number of thiophene rings is 1. The molecule has 1 aromatic carbocycles. The Morgan fingerprint density at radius 3 is 2.70 bits per heavy atom. The van der Waals surface area contributed by atoms with Gasteiger partial charge >= 0.3 is 0 Å². The smallest absolute Gasteiger partial charge is 0.129 e. The van der Waals surface area contributed by atoms with Crippen LogP contribution in [-0.4, -0.2) is 6.54 Å². The Kier molecular flexibility index (Phi) is 5.87. The molecule has 6 heteroatoms. The van der Waals surface area contributed by atoms with Gasteiger partial charge in [-0.15, -0.1) is 11.3 Å². The lowest BCUT2D eigenvalue weighted by Gasteiger charge is -2.19. The van der Waals surface area contributed by atoms with Crippen molar-refractivity contribution in [3.63, 3.8) is 0 Å². The average Bonchev–Trinajstić information content (AvgIpc) is 2.73. The van der Waals surface area contributed by atoms with Gasteiger partial charge in [-0.1, -0.05) is 36.2 Å². The van der Waals surface area contributed by atoms with Gasteiger partial charge in [0, 0.05) is 19.9 Å². The van der Waals surface area contributed by atoms with Gasteiger partial charge in [0.25, 0.3) is 0 Å². The standard InChI is InChI=1S/C14H13BrCl2FNS/c1-2-6-19-13(11-7-8(15)14(17)20-11)12-9(16)4-3-5-10(12)18/h3-5,7,13,19H,2,6H2,1H3. The van der Waals surface area contributed by atoms with E-state index in [0.717, 1.165) is 22.3 Å². The van der Waals surface area contributed by atoms with Gasteiger partial charge in [0.1, 0.15) is 10.2 Å². The molecule has 1 unspecified atom stereocenters. The molecule has 108 valence electrons. The van der Waals surface area contributed by atoms with Crippen molar-refractivity contribution >= 4 is 50.5 Å². The zero-order valence-corrected chi connectivity index (χ0v) is 14.6. The lowest BCUT2D eigenvalue weighted by atomic mass is 10.0. The Morgan fingerprint density at radius 1 is 1.40 bits per heavy atom. The van der Waals surface area contributed by atoms with Crippen LogP contribution in [0, 0.1) is 5.82 Å². The van der Waals surface area contributed by atoms with Crippen molar-refractivity contribution in [2.24, 2.45) is 0 Å². The number of benzene rings is 1. The second-order valence-corrected chi connectivity index (χ2v) is 7.24. The van der Waals surface area contributed by atoms with E-state index in [4.69, 9.17) is 23.2 Å². The molecule has 0 amide bonds. The maximum absolute atomic E-state index is 14.2. The molecule has 2 rings (SSSR count). The first-order valence-electron chi connectivity index (χ1n) is 6.16. The predicted molar refractivity (Wildman–Crippen MR) is 88.6 cm³/mol. The van der Waals surface area contributed by atoms with Crippen molar-refractivity contribution in [3.05, 3.63) is 54.4 Å². The molecule has 0 aliphatic carbocycles. The van der Waals surface area contributed by atoms with Gasteiger partial charge in [0.05, 0.1) is 6.04 Å². The van der Waals surface area contributed by atoms with E-state index in [-0.39, 0.29) is 11.9 Å². The summed E-state index contributed by atoms with van der Waals surface area (Å²) in [6.45, 7) is 2.83. The summed E-state index contributed by atoms with van der Waals surface area (Å²) in [7, 11) is 0. The molecule has 1 N–H and O–H groups in total. The highest BCUT2D eigenvalue weighted by Crippen LogP contribution is 2.39. The normalized spacial score (nSPS) is 12.7. The van der Waals surface area contributed by atoms with Crippen LogP contribution in [0.4, 0.5) is 4.39 Å². The summed E-state index contributed by atoms with van der Waals surface area (Å²) in [5, 5.41) is 3.75. The molecule has 0 aliphatic heterocycles. The number of rotatable bonds is 5. The number of halogens is 4. The molecule has 0 aliphatic rings. The van der Waals surface area contributed by atoms with Crippen LogP contribution in [0.1, 0.15) is 29.8 Å². The Morgan fingerprint density at radius 2 is 2.15 bits per heavy atom. The maximum atomic E-state index is 14.2. The van der Waals surface area contributed by atoms with Crippen LogP contribution in [0.3, 0.4) is 0 Å². The molecule has 1 heterocycles. The van der Waals surface area contributed by atoms with Crippen molar-refractivity contribution in [2.45, 2.75) is 19.4 Å². The molecule has 1 nitrogen and oxygen atoms in total.